The Labute approximate surface area is 208 Å². The van der Waals surface area contributed by atoms with Crippen molar-refractivity contribution in [1.29, 1.82) is 0 Å². The number of nitrogens with zero attached hydrogens (tertiary/aromatic N) is 9. The van der Waals surface area contributed by atoms with E-state index in [2.05, 4.69) is 35.7 Å². The smallest absolute Gasteiger partial charge is 0.235 e. The second-order valence-corrected chi connectivity index (χ2v) is 9.22. The van der Waals surface area contributed by atoms with E-state index in [1.165, 1.54) is 34.0 Å². The van der Waals surface area contributed by atoms with E-state index in [0.717, 1.165) is 5.56 Å². The molecular weight excluding hydrogens is 487 g/mol. The molecule has 5 aromatic rings. The average Bonchev–Trinajstić information content (AvgIpc) is 3.64. The maximum absolute atomic E-state index is 14.1. The number of halogens is 2. The summed E-state index contributed by atoms with van der Waals surface area (Å²) in [7, 11) is 0. The van der Waals surface area contributed by atoms with Crippen LogP contribution in [0.3, 0.4) is 0 Å². The van der Waals surface area contributed by atoms with Crippen LogP contribution in [-0.4, -0.2) is 50.3 Å². The highest BCUT2D eigenvalue weighted by atomic mass is 35.5. The fourth-order valence-electron chi connectivity index (χ4n) is 4.85. The molecule has 0 saturated heterocycles. The van der Waals surface area contributed by atoms with Gasteiger partial charge in [0.15, 0.2) is 11.5 Å². The van der Waals surface area contributed by atoms with E-state index in [-0.39, 0.29) is 10.9 Å². The molecule has 182 valence electrons. The summed E-state index contributed by atoms with van der Waals surface area (Å²) >= 11 is 6.37. The van der Waals surface area contributed by atoms with Crippen LogP contribution in [0.5, 0.6) is 0 Å². The van der Waals surface area contributed by atoms with Gasteiger partial charge in [0.2, 0.25) is 11.9 Å². The summed E-state index contributed by atoms with van der Waals surface area (Å²) in [5, 5.41) is 19.7. The van der Waals surface area contributed by atoms with Crippen LogP contribution in [0.15, 0.2) is 49.3 Å². The van der Waals surface area contributed by atoms with Crippen molar-refractivity contribution in [2.24, 2.45) is 0 Å². The van der Waals surface area contributed by atoms with Crippen molar-refractivity contribution >= 4 is 28.8 Å². The lowest BCUT2D eigenvalue weighted by molar-refractivity contribution is -0.117. The first kappa shape index (κ1) is 22.3. The lowest BCUT2D eigenvalue weighted by atomic mass is 9.80. The lowest BCUT2D eigenvalue weighted by Gasteiger charge is -2.24. The number of aromatic nitrogens is 9. The number of anilines is 1. The first-order chi connectivity index (χ1) is 17.4. The zero-order chi connectivity index (χ0) is 25.0. The Kier molecular flexibility index (Phi) is 5.07. The van der Waals surface area contributed by atoms with Crippen molar-refractivity contribution in [3.05, 3.63) is 77.1 Å². The first-order valence-electron chi connectivity index (χ1n) is 11.3. The molecule has 0 unspecified atom stereocenters. The molecule has 1 amide bonds. The molecule has 0 aromatic carbocycles. The predicted molar refractivity (Wildman–Crippen MR) is 127 cm³/mol. The van der Waals surface area contributed by atoms with Crippen molar-refractivity contribution in [3.63, 3.8) is 0 Å². The third-order valence-electron chi connectivity index (χ3n) is 6.60. The molecule has 6 rings (SSSR count). The zero-order valence-electron chi connectivity index (χ0n) is 19.3. The van der Waals surface area contributed by atoms with Gasteiger partial charge in [-0.15, -0.1) is 9.90 Å². The molecule has 36 heavy (non-hydrogen) atoms. The third kappa shape index (κ3) is 3.44. The molecule has 13 heteroatoms. The number of fused-ring (bicyclic) bond motifs is 3. The number of aryl methyl sites for hydroxylation is 1. The summed E-state index contributed by atoms with van der Waals surface area (Å²) in [5.74, 6) is -1.13. The lowest BCUT2D eigenvalue weighted by Crippen LogP contribution is -2.25. The number of hydrogen-bond donors (Lipinski definition) is 1. The second kappa shape index (κ2) is 8.19. The monoisotopic (exact) mass is 506 g/mol. The minimum absolute atomic E-state index is 0.264. The zero-order valence-corrected chi connectivity index (χ0v) is 20.1. The van der Waals surface area contributed by atoms with Gasteiger partial charge in [-0.2, -0.15) is 19.7 Å². The van der Waals surface area contributed by atoms with Crippen LogP contribution in [0.1, 0.15) is 43.0 Å². The van der Waals surface area contributed by atoms with Crippen LogP contribution < -0.4 is 5.32 Å². The number of nitrogens with one attached hydrogen (secondary N) is 1. The summed E-state index contributed by atoms with van der Waals surface area (Å²) in [6.07, 6.45) is 10.3. The predicted octanol–water partition coefficient (Wildman–Crippen LogP) is 3.15. The van der Waals surface area contributed by atoms with E-state index in [0.29, 0.717) is 41.4 Å². The van der Waals surface area contributed by atoms with Crippen LogP contribution >= 0.6 is 11.6 Å². The van der Waals surface area contributed by atoms with Crippen LogP contribution in [0.25, 0.3) is 11.5 Å². The van der Waals surface area contributed by atoms with Gasteiger partial charge in [-0.05, 0) is 26.3 Å². The Morgan fingerprint density at radius 3 is 2.72 bits per heavy atom. The molecule has 0 fully saturated rings. The molecule has 0 saturated carbocycles. The topological polar surface area (TPSA) is 121 Å². The van der Waals surface area contributed by atoms with Crippen LogP contribution in [-0.2, 0) is 16.8 Å². The van der Waals surface area contributed by atoms with Gasteiger partial charge in [-0.1, -0.05) is 11.6 Å². The average molecular weight is 507 g/mol. The molecule has 0 spiro atoms. The number of rotatable bonds is 5. The van der Waals surface area contributed by atoms with Crippen molar-refractivity contribution in [2.75, 3.05) is 5.32 Å². The van der Waals surface area contributed by atoms with E-state index in [1.807, 2.05) is 24.7 Å². The van der Waals surface area contributed by atoms with Gasteiger partial charge >= 0.3 is 0 Å². The van der Waals surface area contributed by atoms with E-state index < -0.39 is 17.3 Å². The summed E-state index contributed by atoms with van der Waals surface area (Å²) in [6, 6.07) is 2.86. The molecular formula is C23H20ClFN10O. The summed E-state index contributed by atoms with van der Waals surface area (Å²) in [5.41, 5.74) is 2.43. The molecule has 1 aliphatic rings. The van der Waals surface area contributed by atoms with Crippen molar-refractivity contribution in [2.45, 2.75) is 38.1 Å². The van der Waals surface area contributed by atoms with Gasteiger partial charge in [-0.25, -0.2) is 14.5 Å². The van der Waals surface area contributed by atoms with Crippen LogP contribution in [0.4, 0.5) is 10.1 Å². The Bertz CT molecular complexity index is 1610. The number of carbonyl (C=O) groups excluding carboxylic acids is 1. The van der Waals surface area contributed by atoms with Gasteiger partial charge in [-0.3, -0.25) is 9.48 Å². The third-order valence-corrected chi connectivity index (χ3v) is 6.88. The molecule has 0 radical (unpaired) electrons. The number of pyridine rings is 1. The molecule has 2 atom stereocenters. The molecule has 0 bridgehead atoms. The van der Waals surface area contributed by atoms with Gasteiger partial charge < -0.3 is 5.32 Å². The fraction of sp³-hybridized carbons (Fsp3) is 0.261. The standard InChI is InChI=1S/C23H20ClFN10O/c1-3-33-12-13(9-30-33)23(2)8-15(16-11-26-19-7-18(25)32-34(19)20(16)23)22(36)31-14-6-17(24)21(27-10-14)35-28-4-5-29-35/h4-7,9-12,15H,3,8H2,1-2H3,(H,31,36)/t15-,23+/m0/s1. The SMILES string of the molecule is CCn1cc([C@@]2(C)C[C@H](C(=O)Nc3cnc(-n4nccn4)c(Cl)c3)c3cnc4cc(F)nn4c32)cn1. The van der Waals surface area contributed by atoms with Gasteiger partial charge in [0.05, 0.1) is 47.1 Å². The molecule has 5 heterocycles. The van der Waals surface area contributed by atoms with Crippen LogP contribution in [0, 0.1) is 5.95 Å². The van der Waals surface area contributed by atoms with E-state index in [9.17, 15) is 9.18 Å². The number of carbonyl (C=O) groups is 1. The molecule has 1 N–H and O–H groups in total. The minimum Gasteiger partial charge on any atom is -0.324 e. The minimum atomic E-state index is -0.657. The van der Waals surface area contributed by atoms with Crippen molar-refractivity contribution in [3.8, 4) is 5.82 Å². The van der Waals surface area contributed by atoms with E-state index in [4.69, 9.17) is 11.6 Å². The van der Waals surface area contributed by atoms with Gasteiger partial charge in [0.25, 0.3) is 0 Å². The largest absolute Gasteiger partial charge is 0.324 e. The number of amides is 1. The Morgan fingerprint density at radius 1 is 1.19 bits per heavy atom. The van der Waals surface area contributed by atoms with Gasteiger partial charge in [0, 0.05) is 41.5 Å². The summed E-state index contributed by atoms with van der Waals surface area (Å²) in [6.45, 7) is 4.71. The first-order valence-corrected chi connectivity index (χ1v) is 11.7. The van der Waals surface area contributed by atoms with Gasteiger partial charge in [0.1, 0.15) is 0 Å². The highest BCUT2D eigenvalue weighted by molar-refractivity contribution is 6.32. The molecule has 5 aromatic heterocycles. The van der Waals surface area contributed by atoms with E-state index >= 15 is 0 Å². The Hall–Kier alpha value is -4.19. The maximum Gasteiger partial charge on any atom is 0.235 e. The Balaban J connectivity index is 1.38. The molecule has 1 aliphatic carbocycles. The summed E-state index contributed by atoms with van der Waals surface area (Å²) in [4.78, 5) is 23.5. The second-order valence-electron chi connectivity index (χ2n) is 8.81. The quantitative estimate of drug-likeness (QED) is 0.388. The van der Waals surface area contributed by atoms with E-state index in [1.54, 1.807) is 18.5 Å². The van der Waals surface area contributed by atoms with Crippen LogP contribution in [0.2, 0.25) is 5.02 Å². The fourth-order valence-corrected chi connectivity index (χ4v) is 5.09. The summed E-state index contributed by atoms with van der Waals surface area (Å²) < 4.78 is 17.4. The normalized spacial score (nSPS) is 19.1. The van der Waals surface area contributed by atoms with Crippen molar-refractivity contribution in [1.82, 2.24) is 44.4 Å². The highest BCUT2D eigenvalue weighted by Gasteiger charge is 2.47. The molecule has 0 aliphatic heterocycles. The number of hydrogen-bond acceptors (Lipinski definition) is 7. The van der Waals surface area contributed by atoms with Crippen molar-refractivity contribution < 1.29 is 9.18 Å². The highest BCUT2D eigenvalue weighted by Crippen LogP contribution is 2.49. The molecule has 11 nitrogen and oxygen atoms in total. The Morgan fingerprint density at radius 2 is 2.00 bits per heavy atom. The maximum atomic E-state index is 14.1.